The molecule has 0 amide bonds. The SMILES string of the molecule is CC(C)CCS(=O)(=O)CC(O)CNC1CC1. The molecular weight excluding hydrogens is 226 g/mol. The topological polar surface area (TPSA) is 66.4 Å². The van der Waals surface area contributed by atoms with E-state index in [-0.39, 0.29) is 11.5 Å². The van der Waals surface area contributed by atoms with Gasteiger partial charge in [0.25, 0.3) is 0 Å². The van der Waals surface area contributed by atoms with Gasteiger partial charge in [-0.05, 0) is 25.2 Å². The summed E-state index contributed by atoms with van der Waals surface area (Å²) in [6.45, 7) is 4.40. The fourth-order valence-corrected chi connectivity index (χ4v) is 3.14. The Morgan fingerprint density at radius 1 is 1.38 bits per heavy atom. The number of hydrogen-bond donors (Lipinski definition) is 2. The van der Waals surface area contributed by atoms with E-state index in [1.807, 2.05) is 13.8 Å². The normalized spacial score (nSPS) is 19.0. The number of rotatable bonds is 8. The van der Waals surface area contributed by atoms with Crippen molar-refractivity contribution in [1.29, 1.82) is 0 Å². The largest absolute Gasteiger partial charge is 0.391 e. The molecule has 0 aromatic heterocycles. The Hall–Kier alpha value is -0.130. The fraction of sp³-hybridized carbons (Fsp3) is 1.00. The van der Waals surface area contributed by atoms with Gasteiger partial charge in [-0.25, -0.2) is 8.42 Å². The van der Waals surface area contributed by atoms with Crippen LogP contribution in [0.1, 0.15) is 33.1 Å². The predicted molar refractivity (Wildman–Crippen MR) is 65.1 cm³/mol. The van der Waals surface area contributed by atoms with E-state index in [1.54, 1.807) is 0 Å². The lowest BCUT2D eigenvalue weighted by Crippen LogP contribution is -2.34. The van der Waals surface area contributed by atoms with Crippen molar-refractivity contribution in [2.75, 3.05) is 18.1 Å². The second-order valence-corrected chi connectivity index (χ2v) is 7.36. The maximum atomic E-state index is 11.6. The molecule has 0 saturated heterocycles. The van der Waals surface area contributed by atoms with Gasteiger partial charge in [0.15, 0.2) is 9.84 Å². The van der Waals surface area contributed by atoms with Crippen LogP contribution >= 0.6 is 0 Å². The van der Waals surface area contributed by atoms with Crippen molar-refractivity contribution >= 4 is 9.84 Å². The molecule has 16 heavy (non-hydrogen) atoms. The van der Waals surface area contributed by atoms with Crippen LogP contribution < -0.4 is 5.32 Å². The first-order valence-corrected chi connectivity index (χ1v) is 7.83. The van der Waals surface area contributed by atoms with Crippen LogP contribution in [0.15, 0.2) is 0 Å². The van der Waals surface area contributed by atoms with Crippen LogP contribution in [0.3, 0.4) is 0 Å². The van der Waals surface area contributed by atoms with Crippen LogP contribution in [-0.4, -0.2) is 43.7 Å². The molecule has 0 spiro atoms. The Morgan fingerprint density at radius 2 is 2.00 bits per heavy atom. The number of aliphatic hydroxyl groups is 1. The smallest absolute Gasteiger partial charge is 0.152 e. The standard InChI is InChI=1S/C11H23NO3S/c1-9(2)5-6-16(14,15)8-11(13)7-12-10-3-4-10/h9-13H,3-8H2,1-2H3. The molecule has 0 radical (unpaired) electrons. The molecule has 1 rings (SSSR count). The summed E-state index contributed by atoms with van der Waals surface area (Å²) in [5.74, 6) is 0.460. The third-order valence-corrected chi connectivity index (χ3v) is 4.42. The zero-order chi connectivity index (χ0) is 12.2. The summed E-state index contributed by atoms with van der Waals surface area (Å²) >= 11 is 0. The van der Waals surface area contributed by atoms with Crippen LogP contribution in [0.5, 0.6) is 0 Å². The van der Waals surface area contributed by atoms with Gasteiger partial charge in [0.05, 0.1) is 17.6 Å². The van der Waals surface area contributed by atoms with Gasteiger partial charge in [-0.2, -0.15) is 0 Å². The van der Waals surface area contributed by atoms with Gasteiger partial charge >= 0.3 is 0 Å². The van der Waals surface area contributed by atoms with Crippen molar-refractivity contribution in [2.24, 2.45) is 5.92 Å². The minimum atomic E-state index is -3.09. The first-order valence-electron chi connectivity index (χ1n) is 6.01. The monoisotopic (exact) mass is 249 g/mol. The van der Waals surface area contributed by atoms with Gasteiger partial charge in [-0.1, -0.05) is 13.8 Å². The summed E-state index contributed by atoms with van der Waals surface area (Å²) in [6.07, 6.45) is 2.20. The third-order valence-electron chi connectivity index (χ3n) is 2.67. The lowest BCUT2D eigenvalue weighted by molar-refractivity contribution is 0.193. The van der Waals surface area contributed by atoms with Crippen LogP contribution in [0.25, 0.3) is 0 Å². The van der Waals surface area contributed by atoms with Crippen molar-refractivity contribution in [3.8, 4) is 0 Å². The average molecular weight is 249 g/mol. The van der Waals surface area contributed by atoms with Crippen LogP contribution in [0.2, 0.25) is 0 Å². The predicted octanol–water partition coefficient (Wildman–Crippen LogP) is 0.560. The van der Waals surface area contributed by atoms with Crippen molar-refractivity contribution in [3.63, 3.8) is 0 Å². The van der Waals surface area contributed by atoms with Gasteiger partial charge in [-0.15, -0.1) is 0 Å². The molecule has 0 aliphatic heterocycles. The van der Waals surface area contributed by atoms with E-state index in [0.717, 1.165) is 12.8 Å². The maximum Gasteiger partial charge on any atom is 0.152 e. The average Bonchev–Trinajstić information content (AvgIpc) is 2.94. The first kappa shape index (κ1) is 13.9. The molecule has 5 heteroatoms. The molecule has 1 saturated carbocycles. The van der Waals surface area contributed by atoms with Crippen molar-refractivity contribution in [2.45, 2.75) is 45.3 Å². The van der Waals surface area contributed by atoms with Gasteiger partial charge in [-0.3, -0.25) is 0 Å². The molecular formula is C11H23NO3S. The molecule has 0 aromatic rings. The molecule has 0 heterocycles. The molecule has 1 aliphatic rings. The van der Waals surface area contributed by atoms with Gasteiger partial charge in [0.2, 0.25) is 0 Å². The van der Waals surface area contributed by atoms with Crippen molar-refractivity contribution < 1.29 is 13.5 Å². The molecule has 1 fully saturated rings. The van der Waals surface area contributed by atoms with Gasteiger partial charge < -0.3 is 10.4 Å². The van der Waals surface area contributed by atoms with E-state index in [2.05, 4.69) is 5.32 Å². The minimum absolute atomic E-state index is 0.112. The first-order chi connectivity index (χ1) is 7.39. The highest BCUT2D eigenvalue weighted by molar-refractivity contribution is 7.91. The van der Waals surface area contributed by atoms with E-state index in [1.165, 1.54) is 0 Å². The third kappa shape index (κ3) is 6.45. The van der Waals surface area contributed by atoms with E-state index in [9.17, 15) is 13.5 Å². The number of sulfone groups is 1. The van der Waals surface area contributed by atoms with Crippen molar-refractivity contribution in [3.05, 3.63) is 0 Å². The summed E-state index contributed by atoms with van der Waals surface area (Å²) < 4.78 is 23.2. The number of aliphatic hydroxyl groups excluding tert-OH is 1. The Labute approximate surface area is 98.4 Å². The molecule has 1 unspecified atom stereocenters. The van der Waals surface area contributed by atoms with Crippen molar-refractivity contribution in [1.82, 2.24) is 5.32 Å². The highest BCUT2D eigenvalue weighted by atomic mass is 32.2. The van der Waals surface area contributed by atoms with Crippen LogP contribution in [0.4, 0.5) is 0 Å². The number of nitrogens with one attached hydrogen (secondary N) is 1. The molecule has 0 aromatic carbocycles. The molecule has 0 bridgehead atoms. The van der Waals surface area contributed by atoms with E-state index < -0.39 is 15.9 Å². The lowest BCUT2D eigenvalue weighted by Gasteiger charge is -2.12. The fourth-order valence-electron chi connectivity index (χ4n) is 1.44. The molecule has 1 aliphatic carbocycles. The van der Waals surface area contributed by atoms with E-state index >= 15 is 0 Å². The van der Waals surface area contributed by atoms with Gasteiger partial charge in [0, 0.05) is 12.6 Å². The van der Waals surface area contributed by atoms with Crippen LogP contribution in [-0.2, 0) is 9.84 Å². The van der Waals surface area contributed by atoms with Gasteiger partial charge in [0.1, 0.15) is 0 Å². The Balaban J connectivity index is 2.21. The summed E-state index contributed by atoms with van der Waals surface area (Å²) in [7, 11) is -3.09. The lowest BCUT2D eigenvalue weighted by atomic mass is 10.2. The Kier molecular flexibility index (Phi) is 5.21. The quantitative estimate of drug-likeness (QED) is 0.659. The second kappa shape index (κ2) is 5.98. The van der Waals surface area contributed by atoms with E-state index in [4.69, 9.17) is 0 Å². The van der Waals surface area contributed by atoms with E-state index in [0.29, 0.717) is 24.9 Å². The molecule has 96 valence electrons. The summed E-state index contributed by atoms with van der Waals surface area (Å²) in [6, 6.07) is 0.507. The molecule has 1 atom stereocenters. The minimum Gasteiger partial charge on any atom is -0.391 e. The molecule has 4 nitrogen and oxygen atoms in total. The highest BCUT2D eigenvalue weighted by Crippen LogP contribution is 2.18. The maximum absolute atomic E-state index is 11.6. The zero-order valence-electron chi connectivity index (χ0n) is 10.1. The summed E-state index contributed by atoms with van der Waals surface area (Å²) in [5.41, 5.74) is 0. The Bertz CT molecular complexity index is 296. The van der Waals surface area contributed by atoms with Crippen LogP contribution in [0, 0.1) is 5.92 Å². The highest BCUT2D eigenvalue weighted by Gasteiger charge is 2.23. The molecule has 2 N–H and O–H groups in total. The second-order valence-electron chi connectivity index (χ2n) is 5.13. The Morgan fingerprint density at radius 3 is 2.50 bits per heavy atom. The zero-order valence-corrected chi connectivity index (χ0v) is 11.0. The summed E-state index contributed by atoms with van der Waals surface area (Å²) in [4.78, 5) is 0. The number of hydrogen-bond acceptors (Lipinski definition) is 4. The summed E-state index contributed by atoms with van der Waals surface area (Å²) in [5, 5.41) is 12.7.